The molecule has 1 aromatic rings. The number of nitrogens with zero attached hydrogens (tertiary/aromatic N) is 1. The molecule has 0 saturated heterocycles. The first-order chi connectivity index (χ1) is 8.75. The van der Waals surface area contributed by atoms with E-state index in [4.69, 9.17) is 9.47 Å². The molecule has 0 unspecified atom stereocenters. The number of carbonyl (C=O) groups excluding carboxylic acids is 2. The Kier molecular flexibility index (Phi) is 4.07. The third kappa shape index (κ3) is 2.42. The summed E-state index contributed by atoms with van der Waals surface area (Å²) in [7, 11) is 1.60. The van der Waals surface area contributed by atoms with Crippen LogP contribution < -0.4 is 4.90 Å². The molecular weight excluding hydrogens is 234 g/mol. The highest BCUT2D eigenvalue weighted by atomic mass is 16.5. The molecule has 0 radical (unpaired) electrons. The molecule has 0 N–H and O–H groups in total. The van der Waals surface area contributed by atoms with E-state index in [2.05, 4.69) is 0 Å². The molecule has 0 aromatic heterocycles. The summed E-state index contributed by atoms with van der Waals surface area (Å²) in [5, 5.41) is 0. The highest BCUT2D eigenvalue weighted by Gasteiger charge is 2.34. The van der Waals surface area contributed by atoms with Crippen LogP contribution >= 0.6 is 0 Å². The van der Waals surface area contributed by atoms with Gasteiger partial charge in [0.1, 0.15) is 0 Å². The lowest BCUT2D eigenvalue weighted by molar-refractivity contribution is -0.114. The van der Waals surface area contributed by atoms with Gasteiger partial charge in [-0.2, -0.15) is 0 Å². The normalized spacial score (nSPS) is 14.2. The zero-order valence-electron chi connectivity index (χ0n) is 10.2. The Bertz CT molecular complexity index is 458. The summed E-state index contributed by atoms with van der Waals surface area (Å²) >= 11 is 0. The first-order valence-electron chi connectivity index (χ1n) is 5.77. The maximum absolute atomic E-state index is 11.8. The summed E-state index contributed by atoms with van der Waals surface area (Å²) in [6.07, 6.45) is 0. The van der Waals surface area contributed by atoms with Crippen LogP contribution in [0.1, 0.15) is 10.4 Å². The number of anilines is 1. The topological polar surface area (TPSA) is 55.8 Å². The SMILES string of the molecule is COCCOCCN1C(=O)C(=O)c2ccccc21. The van der Waals surface area contributed by atoms with Crippen molar-refractivity contribution in [2.24, 2.45) is 0 Å². The van der Waals surface area contributed by atoms with Crippen LogP contribution in [0, 0.1) is 0 Å². The lowest BCUT2D eigenvalue weighted by atomic mass is 10.1. The van der Waals surface area contributed by atoms with Gasteiger partial charge in [-0.05, 0) is 12.1 Å². The number of benzene rings is 1. The average Bonchev–Trinajstić information content (AvgIpc) is 2.64. The van der Waals surface area contributed by atoms with Crippen LogP contribution in [0.15, 0.2) is 24.3 Å². The predicted molar refractivity (Wildman–Crippen MR) is 65.8 cm³/mol. The molecule has 0 bridgehead atoms. The van der Waals surface area contributed by atoms with Crippen molar-refractivity contribution >= 4 is 17.4 Å². The molecule has 1 heterocycles. The number of methoxy groups -OCH3 is 1. The highest BCUT2D eigenvalue weighted by molar-refractivity contribution is 6.52. The maximum Gasteiger partial charge on any atom is 0.299 e. The third-order valence-electron chi connectivity index (χ3n) is 2.77. The van der Waals surface area contributed by atoms with Crippen molar-refractivity contribution in [2.75, 3.05) is 38.4 Å². The molecule has 18 heavy (non-hydrogen) atoms. The van der Waals surface area contributed by atoms with Gasteiger partial charge in [-0.1, -0.05) is 12.1 Å². The van der Waals surface area contributed by atoms with Crippen molar-refractivity contribution in [1.29, 1.82) is 0 Å². The lowest BCUT2D eigenvalue weighted by Crippen LogP contribution is -2.33. The van der Waals surface area contributed by atoms with E-state index in [0.29, 0.717) is 37.6 Å². The van der Waals surface area contributed by atoms with Gasteiger partial charge in [0.15, 0.2) is 0 Å². The van der Waals surface area contributed by atoms with Crippen LogP contribution in [0.2, 0.25) is 0 Å². The van der Waals surface area contributed by atoms with Gasteiger partial charge in [0, 0.05) is 13.7 Å². The van der Waals surface area contributed by atoms with Crippen LogP contribution in [0.5, 0.6) is 0 Å². The molecule has 1 amide bonds. The van der Waals surface area contributed by atoms with Gasteiger partial charge >= 0.3 is 0 Å². The fourth-order valence-corrected chi connectivity index (χ4v) is 1.87. The van der Waals surface area contributed by atoms with Gasteiger partial charge in [-0.25, -0.2) is 0 Å². The van der Waals surface area contributed by atoms with Gasteiger partial charge in [-0.15, -0.1) is 0 Å². The molecule has 0 saturated carbocycles. The Morgan fingerprint density at radius 1 is 1.11 bits per heavy atom. The zero-order chi connectivity index (χ0) is 13.0. The molecule has 0 fully saturated rings. The number of Topliss-reactive ketones (excluding diaryl/α,β-unsaturated/α-hetero) is 1. The lowest BCUT2D eigenvalue weighted by Gasteiger charge is -2.16. The molecule has 0 atom stereocenters. The second kappa shape index (κ2) is 5.75. The minimum atomic E-state index is -0.480. The maximum atomic E-state index is 11.8. The number of carbonyl (C=O) groups is 2. The standard InChI is InChI=1S/C13H15NO4/c1-17-8-9-18-7-6-14-11-5-3-2-4-10(11)12(15)13(14)16/h2-5H,6-9H2,1H3. The average molecular weight is 249 g/mol. The first kappa shape index (κ1) is 12.7. The van der Waals surface area contributed by atoms with Gasteiger partial charge in [-0.3, -0.25) is 9.59 Å². The van der Waals surface area contributed by atoms with E-state index in [-0.39, 0.29) is 0 Å². The monoisotopic (exact) mass is 249 g/mol. The van der Waals surface area contributed by atoms with Crippen molar-refractivity contribution in [3.63, 3.8) is 0 Å². The summed E-state index contributed by atoms with van der Waals surface area (Å²) < 4.78 is 10.2. The largest absolute Gasteiger partial charge is 0.382 e. The summed E-state index contributed by atoms with van der Waals surface area (Å²) in [4.78, 5) is 24.9. The Balaban J connectivity index is 1.97. The fourth-order valence-electron chi connectivity index (χ4n) is 1.87. The van der Waals surface area contributed by atoms with Crippen molar-refractivity contribution in [1.82, 2.24) is 0 Å². The summed E-state index contributed by atoms with van der Waals surface area (Å²) in [5.41, 5.74) is 1.14. The number of fused-ring (bicyclic) bond motifs is 1. The number of hydrogen-bond donors (Lipinski definition) is 0. The van der Waals surface area contributed by atoms with Gasteiger partial charge in [0.05, 0.1) is 31.1 Å². The van der Waals surface area contributed by atoms with E-state index in [1.807, 2.05) is 6.07 Å². The number of ether oxygens (including phenoxy) is 2. The predicted octanol–water partition coefficient (Wildman–Crippen LogP) is 0.879. The second-order valence-corrected chi connectivity index (χ2v) is 3.91. The molecule has 0 spiro atoms. The summed E-state index contributed by atoms with van der Waals surface area (Å²) in [5.74, 6) is -0.922. The Hall–Kier alpha value is -1.72. The van der Waals surface area contributed by atoms with Crippen LogP contribution in [-0.4, -0.2) is 45.2 Å². The molecule has 2 rings (SSSR count). The summed E-state index contributed by atoms with van der Waals surface area (Å²) in [6, 6.07) is 7.00. The van der Waals surface area contributed by atoms with E-state index >= 15 is 0 Å². The van der Waals surface area contributed by atoms with Crippen molar-refractivity contribution in [2.45, 2.75) is 0 Å². The van der Waals surface area contributed by atoms with Gasteiger partial charge in [0.2, 0.25) is 0 Å². The van der Waals surface area contributed by atoms with Crippen molar-refractivity contribution < 1.29 is 19.1 Å². The zero-order valence-corrected chi connectivity index (χ0v) is 10.2. The van der Waals surface area contributed by atoms with Crippen molar-refractivity contribution in [3.8, 4) is 0 Å². The molecule has 0 aliphatic carbocycles. The minimum absolute atomic E-state index is 0.380. The smallest absolute Gasteiger partial charge is 0.299 e. The fraction of sp³-hybridized carbons (Fsp3) is 0.385. The highest BCUT2D eigenvalue weighted by Crippen LogP contribution is 2.27. The molecule has 5 nitrogen and oxygen atoms in total. The number of rotatable bonds is 6. The van der Waals surface area contributed by atoms with Crippen LogP contribution in [0.3, 0.4) is 0 Å². The van der Waals surface area contributed by atoms with Crippen LogP contribution in [-0.2, 0) is 14.3 Å². The van der Waals surface area contributed by atoms with Crippen molar-refractivity contribution in [3.05, 3.63) is 29.8 Å². The summed E-state index contributed by atoms with van der Waals surface area (Å²) in [6.45, 7) is 1.76. The first-order valence-corrected chi connectivity index (χ1v) is 5.77. The third-order valence-corrected chi connectivity index (χ3v) is 2.77. The Labute approximate surface area is 105 Å². The Morgan fingerprint density at radius 3 is 2.67 bits per heavy atom. The van der Waals surface area contributed by atoms with E-state index in [9.17, 15) is 9.59 Å². The van der Waals surface area contributed by atoms with Crippen LogP contribution in [0.4, 0.5) is 5.69 Å². The second-order valence-electron chi connectivity index (χ2n) is 3.91. The number of hydrogen-bond acceptors (Lipinski definition) is 4. The van der Waals surface area contributed by atoms with E-state index < -0.39 is 11.7 Å². The van der Waals surface area contributed by atoms with E-state index in [1.54, 1.807) is 25.3 Å². The van der Waals surface area contributed by atoms with Gasteiger partial charge < -0.3 is 14.4 Å². The molecule has 1 aliphatic heterocycles. The number of ketones is 1. The molecular formula is C13H15NO4. The number of para-hydroxylation sites is 1. The molecule has 1 aliphatic rings. The Morgan fingerprint density at radius 2 is 1.89 bits per heavy atom. The quantitative estimate of drug-likeness (QED) is 0.554. The minimum Gasteiger partial charge on any atom is -0.382 e. The molecule has 1 aromatic carbocycles. The van der Waals surface area contributed by atoms with Gasteiger partial charge in [0.25, 0.3) is 11.7 Å². The van der Waals surface area contributed by atoms with E-state index in [0.717, 1.165) is 0 Å². The van der Waals surface area contributed by atoms with E-state index in [1.165, 1.54) is 4.90 Å². The van der Waals surface area contributed by atoms with Crippen LogP contribution in [0.25, 0.3) is 0 Å². The number of amides is 1. The molecule has 96 valence electrons. The molecule has 5 heteroatoms.